The first-order valence-electron chi connectivity index (χ1n) is 14.6. The van der Waals surface area contributed by atoms with Crippen LogP contribution < -0.4 is 29.7 Å². The first-order chi connectivity index (χ1) is 22.3. The number of allylic oxidation sites excluding steroid dienone is 1. The molecule has 0 saturated carbocycles. The van der Waals surface area contributed by atoms with Gasteiger partial charge in [0.1, 0.15) is 18.1 Å². The number of hydrogen-bond acceptors (Lipinski definition) is 6. The summed E-state index contributed by atoms with van der Waals surface area (Å²) in [5.41, 5.74) is 3.77. The minimum atomic E-state index is -0.687. The van der Waals surface area contributed by atoms with E-state index in [4.69, 9.17) is 37.7 Å². The molecule has 1 aliphatic rings. The second-order valence-corrected chi connectivity index (χ2v) is 12.4. The van der Waals surface area contributed by atoms with Crippen molar-refractivity contribution in [1.82, 2.24) is 4.57 Å². The summed E-state index contributed by atoms with van der Waals surface area (Å²) >= 11 is 13.5. The summed E-state index contributed by atoms with van der Waals surface area (Å²) in [4.78, 5) is 33.1. The number of halogens is 2. The van der Waals surface area contributed by atoms with E-state index in [0.29, 0.717) is 61.0 Å². The Balaban J connectivity index is 1.33. The molecule has 1 atom stereocenters. The predicted octanol–water partition coefficient (Wildman–Crippen LogP) is 7.16. The number of rotatable bonds is 9. The summed E-state index contributed by atoms with van der Waals surface area (Å²) in [6, 6.07) is 28.7. The smallest absolute Gasteiger partial charge is 0.271 e. The van der Waals surface area contributed by atoms with Crippen LogP contribution in [0.25, 0.3) is 6.08 Å². The molecule has 1 N–H and O–H groups in total. The SMILES string of the molecule is CCOc1ccc([C@H]2C(C(=O)Nc3ccccc3)=C(C)N=c3s/c(=C\c4ccc(OCc5ccc(Cl)cc5Cl)cc4)c(=O)n32)cc1. The molecule has 46 heavy (non-hydrogen) atoms. The van der Waals surface area contributed by atoms with Crippen molar-refractivity contribution in [3.63, 3.8) is 0 Å². The van der Waals surface area contributed by atoms with Gasteiger partial charge in [0, 0.05) is 21.3 Å². The maximum Gasteiger partial charge on any atom is 0.271 e. The van der Waals surface area contributed by atoms with Gasteiger partial charge in [-0.2, -0.15) is 0 Å². The number of ether oxygens (including phenoxy) is 2. The number of carbonyl (C=O) groups excluding carboxylic acids is 1. The molecule has 10 heteroatoms. The maximum atomic E-state index is 14.0. The minimum Gasteiger partial charge on any atom is -0.494 e. The molecule has 1 amide bonds. The van der Waals surface area contributed by atoms with Gasteiger partial charge in [0.25, 0.3) is 11.5 Å². The molecule has 0 radical (unpaired) electrons. The molecule has 0 fully saturated rings. The van der Waals surface area contributed by atoms with Crippen LogP contribution in [-0.4, -0.2) is 17.1 Å². The van der Waals surface area contributed by atoms with Crippen molar-refractivity contribution >= 4 is 52.2 Å². The molecule has 4 aromatic carbocycles. The van der Waals surface area contributed by atoms with E-state index in [1.165, 1.54) is 11.3 Å². The average molecular weight is 671 g/mol. The highest BCUT2D eigenvalue weighted by Gasteiger charge is 2.32. The van der Waals surface area contributed by atoms with E-state index in [0.717, 1.165) is 16.7 Å². The molecule has 7 nitrogen and oxygen atoms in total. The molecule has 0 aliphatic carbocycles. The highest BCUT2D eigenvalue weighted by Crippen LogP contribution is 2.32. The first kappa shape index (κ1) is 31.4. The lowest BCUT2D eigenvalue weighted by molar-refractivity contribution is -0.113. The lowest BCUT2D eigenvalue weighted by Gasteiger charge is -2.25. The van der Waals surface area contributed by atoms with Crippen molar-refractivity contribution in [3.8, 4) is 11.5 Å². The van der Waals surface area contributed by atoms with Gasteiger partial charge in [-0.1, -0.05) is 83.1 Å². The molecular weight excluding hydrogens is 641 g/mol. The molecule has 0 bridgehead atoms. The Morgan fingerprint density at radius 3 is 2.35 bits per heavy atom. The lowest BCUT2D eigenvalue weighted by atomic mass is 9.95. The summed E-state index contributed by atoms with van der Waals surface area (Å²) in [5, 5.41) is 4.08. The number of aromatic nitrogens is 1. The zero-order valence-electron chi connectivity index (χ0n) is 25.0. The van der Waals surface area contributed by atoms with E-state index >= 15 is 0 Å². The molecular formula is C36H29Cl2N3O4S. The van der Waals surface area contributed by atoms with E-state index < -0.39 is 6.04 Å². The van der Waals surface area contributed by atoms with Crippen LogP contribution >= 0.6 is 34.5 Å². The Bertz CT molecular complexity index is 2110. The number of fused-ring (bicyclic) bond motifs is 1. The average Bonchev–Trinajstić information content (AvgIpc) is 3.35. The lowest BCUT2D eigenvalue weighted by Crippen LogP contribution is -2.40. The summed E-state index contributed by atoms with van der Waals surface area (Å²) in [7, 11) is 0. The van der Waals surface area contributed by atoms with Crippen LogP contribution in [0.15, 0.2) is 118 Å². The van der Waals surface area contributed by atoms with Gasteiger partial charge in [-0.05, 0) is 79.6 Å². The van der Waals surface area contributed by atoms with Crippen molar-refractivity contribution in [2.24, 2.45) is 4.99 Å². The fourth-order valence-electron chi connectivity index (χ4n) is 5.17. The largest absolute Gasteiger partial charge is 0.494 e. The highest BCUT2D eigenvalue weighted by molar-refractivity contribution is 7.07. The molecule has 1 aromatic heterocycles. The monoisotopic (exact) mass is 669 g/mol. The highest BCUT2D eigenvalue weighted by atomic mass is 35.5. The van der Waals surface area contributed by atoms with Crippen LogP contribution in [0, 0.1) is 0 Å². The topological polar surface area (TPSA) is 81.9 Å². The first-order valence-corrected chi connectivity index (χ1v) is 16.2. The van der Waals surface area contributed by atoms with Gasteiger partial charge >= 0.3 is 0 Å². The molecule has 0 unspecified atom stereocenters. The van der Waals surface area contributed by atoms with Gasteiger partial charge in [-0.15, -0.1) is 0 Å². The van der Waals surface area contributed by atoms with Gasteiger partial charge in [-0.3, -0.25) is 14.2 Å². The number of benzene rings is 4. The van der Waals surface area contributed by atoms with Crippen molar-refractivity contribution in [3.05, 3.63) is 155 Å². The number of carbonyl (C=O) groups is 1. The summed E-state index contributed by atoms with van der Waals surface area (Å²) in [6.07, 6.45) is 1.82. The molecule has 0 spiro atoms. The zero-order chi connectivity index (χ0) is 32.2. The number of nitrogens with zero attached hydrogens (tertiary/aromatic N) is 2. The van der Waals surface area contributed by atoms with Crippen molar-refractivity contribution < 1.29 is 14.3 Å². The third-order valence-corrected chi connectivity index (χ3v) is 8.96. The van der Waals surface area contributed by atoms with Crippen LogP contribution in [0.2, 0.25) is 10.0 Å². The Morgan fingerprint density at radius 1 is 0.957 bits per heavy atom. The molecule has 5 aromatic rings. The molecule has 232 valence electrons. The standard InChI is InChI=1S/C36H29Cl2N3O4S/c1-3-44-28-17-12-24(13-18-28)33-32(34(42)40-27-7-5-4-6-8-27)22(2)39-36-41(33)35(43)31(46-36)19-23-9-15-29(16-10-23)45-21-25-11-14-26(37)20-30(25)38/h4-20,33H,3,21H2,1-2H3,(H,40,42)/b31-19-/t33-/m0/s1. The quantitative estimate of drug-likeness (QED) is 0.181. The van der Waals surface area contributed by atoms with Crippen LogP contribution in [0.3, 0.4) is 0 Å². The van der Waals surface area contributed by atoms with Gasteiger partial charge in [0.2, 0.25) is 0 Å². The number of para-hydroxylation sites is 1. The predicted molar refractivity (Wildman–Crippen MR) is 184 cm³/mol. The van der Waals surface area contributed by atoms with Crippen LogP contribution in [-0.2, 0) is 11.4 Å². The zero-order valence-corrected chi connectivity index (χ0v) is 27.3. The fraction of sp³-hybridized carbons (Fsp3) is 0.139. The van der Waals surface area contributed by atoms with E-state index in [1.54, 1.807) is 23.6 Å². The molecule has 2 heterocycles. The van der Waals surface area contributed by atoms with Crippen LogP contribution in [0.4, 0.5) is 5.69 Å². The minimum absolute atomic E-state index is 0.238. The molecule has 0 saturated heterocycles. The van der Waals surface area contributed by atoms with Crippen molar-refractivity contribution in [1.29, 1.82) is 0 Å². The van der Waals surface area contributed by atoms with E-state index in [9.17, 15) is 9.59 Å². The van der Waals surface area contributed by atoms with Crippen molar-refractivity contribution in [2.75, 3.05) is 11.9 Å². The van der Waals surface area contributed by atoms with Crippen LogP contribution in [0.5, 0.6) is 11.5 Å². The summed E-state index contributed by atoms with van der Waals surface area (Å²) in [5.74, 6) is 1.04. The number of nitrogens with one attached hydrogen (secondary N) is 1. The maximum absolute atomic E-state index is 14.0. The number of thiazole rings is 1. The van der Waals surface area contributed by atoms with Crippen LogP contribution in [0.1, 0.15) is 36.6 Å². The summed E-state index contributed by atoms with van der Waals surface area (Å²) in [6.45, 7) is 4.54. The normalized spacial score (nSPS) is 14.4. The number of anilines is 1. The number of hydrogen-bond donors (Lipinski definition) is 1. The number of amides is 1. The van der Waals surface area contributed by atoms with Gasteiger partial charge in [-0.25, -0.2) is 4.99 Å². The third-order valence-electron chi connectivity index (χ3n) is 7.39. The van der Waals surface area contributed by atoms with Gasteiger partial charge in [0.15, 0.2) is 4.80 Å². The Morgan fingerprint density at radius 2 is 1.65 bits per heavy atom. The van der Waals surface area contributed by atoms with Crippen molar-refractivity contribution in [2.45, 2.75) is 26.5 Å². The summed E-state index contributed by atoms with van der Waals surface area (Å²) < 4.78 is 13.7. The second kappa shape index (κ2) is 13.8. The van der Waals surface area contributed by atoms with Gasteiger partial charge in [0.05, 0.1) is 28.5 Å². The Hall–Kier alpha value is -4.63. The fourth-order valence-corrected chi connectivity index (χ4v) is 6.68. The van der Waals surface area contributed by atoms with Gasteiger partial charge < -0.3 is 14.8 Å². The Labute approximate surface area is 279 Å². The molecule has 6 rings (SSSR count). The Kier molecular flexibility index (Phi) is 9.40. The van der Waals surface area contributed by atoms with E-state index in [1.807, 2.05) is 97.9 Å². The molecule has 1 aliphatic heterocycles. The third kappa shape index (κ3) is 6.79. The van der Waals surface area contributed by atoms with E-state index in [2.05, 4.69) is 5.32 Å². The second-order valence-electron chi connectivity index (χ2n) is 10.5. The van der Waals surface area contributed by atoms with E-state index in [-0.39, 0.29) is 11.5 Å².